The molecule has 0 N–H and O–H groups in total. The first-order chi connectivity index (χ1) is 6.92. The van der Waals surface area contributed by atoms with E-state index in [-0.39, 0.29) is 17.7 Å². The molecule has 0 aromatic carbocycles. The number of amides is 1. The minimum atomic E-state index is -0.145. The van der Waals surface area contributed by atoms with Gasteiger partial charge in [0.1, 0.15) is 6.61 Å². The standard InChI is InChI=1S/C11H20N2O2/c1-8(2)12-5-9-6-15-10(14)13(9)11(3,4)7-12/h8-9H,5-7H2,1-4H3. The van der Waals surface area contributed by atoms with Gasteiger partial charge in [0.2, 0.25) is 0 Å². The van der Waals surface area contributed by atoms with Crippen LogP contribution >= 0.6 is 0 Å². The van der Waals surface area contributed by atoms with E-state index in [0.29, 0.717) is 12.6 Å². The number of ether oxygens (including phenoxy) is 1. The van der Waals surface area contributed by atoms with Crippen molar-refractivity contribution in [3.8, 4) is 0 Å². The summed E-state index contributed by atoms with van der Waals surface area (Å²) < 4.78 is 5.12. The summed E-state index contributed by atoms with van der Waals surface area (Å²) in [5.41, 5.74) is -0.110. The Morgan fingerprint density at radius 3 is 2.73 bits per heavy atom. The maximum Gasteiger partial charge on any atom is 0.410 e. The highest BCUT2D eigenvalue weighted by Gasteiger charge is 2.47. The Bertz CT molecular complexity index is 276. The minimum Gasteiger partial charge on any atom is -0.447 e. The molecule has 0 bridgehead atoms. The molecule has 2 aliphatic heterocycles. The molecule has 1 atom stereocenters. The Kier molecular flexibility index (Phi) is 2.41. The Morgan fingerprint density at radius 2 is 2.13 bits per heavy atom. The third-order valence-electron chi connectivity index (χ3n) is 3.38. The fourth-order valence-electron chi connectivity index (χ4n) is 2.64. The van der Waals surface area contributed by atoms with E-state index in [1.165, 1.54) is 0 Å². The third kappa shape index (κ3) is 1.71. The number of hydrogen-bond donors (Lipinski definition) is 0. The van der Waals surface area contributed by atoms with E-state index in [1.807, 2.05) is 4.90 Å². The van der Waals surface area contributed by atoms with Gasteiger partial charge in [0.25, 0.3) is 0 Å². The molecule has 1 unspecified atom stereocenters. The molecule has 2 saturated heterocycles. The van der Waals surface area contributed by atoms with Crippen LogP contribution in [0.4, 0.5) is 4.79 Å². The van der Waals surface area contributed by atoms with Crippen LogP contribution in [0.3, 0.4) is 0 Å². The van der Waals surface area contributed by atoms with E-state index in [2.05, 4.69) is 32.6 Å². The molecule has 2 rings (SSSR count). The predicted octanol–water partition coefficient (Wildman–Crippen LogP) is 1.31. The van der Waals surface area contributed by atoms with Crippen LogP contribution in [0.25, 0.3) is 0 Å². The Balaban J connectivity index is 2.20. The lowest BCUT2D eigenvalue weighted by molar-refractivity contribution is 0.0118. The van der Waals surface area contributed by atoms with Gasteiger partial charge in [0.15, 0.2) is 0 Å². The van der Waals surface area contributed by atoms with Crippen molar-refractivity contribution in [2.24, 2.45) is 0 Å². The van der Waals surface area contributed by atoms with Crippen LogP contribution in [0.2, 0.25) is 0 Å². The van der Waals surface area contributed by atoms with Crippen LogP contribution in [-0.2, 0) is 4.74 Å². The van der Waals surface area contributed by atoms with E-state index < -0.39 is 0 Å². The Hall–Kier alpha value is -0.770. The molecule has 0 spiro atoms. The number of cyclic esters (lactones) is 1. The first kappa shape index (κ1) is 10.7. The lowest BCUT2D eigenvalue weighted by Gasteiger charge is -2.48. The molecular weight excluding hydrogens is 192 g/mol. The maximum absolute atomic E-state index is 11.6. The second kappa shape index (κ2) is 3.37. The molecule has 1 amide bonds. The summed E-state index contributed by atoms with van der Waals surface area (Å²) in [7, 11) is 0. The van der Waals surface area contributed by atoms with Crippen LogP contribution < -0.4 is 0 Å². The van der Waals surface area contributed by atoms with Crippen LogP contribution in [0.1, 0.15) is 27.7 Å². The number of rotatable bonds is 1. The molecule has 0 aromatic heterocycles. The van der Waals surface area contributed by atoms with Gasteiger partial charge in [-0.05, 0) is 27.7 Å². The van der Waals surface area contributed by atoms with Crippen LogP contribution in [0.15, 0.2) is 0 Å². The normalized spacial score (nSPS) is 30.6. The maximum atomic E-state index is 11.6. The summed E-state index contributed by atoms with van der Waals surface area (Å²) in [5.74, 6) is 0. The summed E-state index contributed by atoms with van der Waals surface area (Å²) in [6.45, 7) is 11.0. The highest BCUT2D eigenvalue weighted by molar-refractivity contribution is 5.71. The zero-order chi connectivity index (χ0) is 11.2. The molecule has 4 heteroatoms. The Labute approximate surface area is 91.2 Å². The number of piperazine rings is 1. The zero-order valence-corrected chi connectivity index (χ0v) is 9.99. The molecule has 15 heavy (non-hydrogen) atoms. The van der Waals surface area contributed by atoms with Crippen LogP contribution in [-0.4, -0.2) is 53.2 Å². The average molecular weight is 212 g/mol. The highest BCUT2D eigenvalue weighted by atomic mass is 16.6. The SMILES string of the molecule is CC(C)N1CC2COC(=O)N2C(C)(C)C1. The second-order valence-electron chi connectivity index (χ2n) is 5.44. The minimum absolute atomic E-state index is 0.110. The molecule has 0 aliphatic carbocycles. The van der Waals surface area contributed by atoms with Crippen molar-refractivity contribution < 1.29 is 9.53 Å². The largest absolute Gasteiger partial charge is 0.447 e. The van der Waals surface area contributed by atoms with Gasteiger partial charge < -0.3 is 4.74 Å². The summed E-state index contributed by atoms with van der Waals surface area (Å²) in [5, 5.41) is 0. The van der Waals surface area contributed by atoms with E-state index in [0.717, 1.165) is 13.1 Å². The number of carbonyl (C=O) groups is 1. The van der Waals surface area contributed by atoms with Gasteiger partial charge in [0, 0.05) is 19.1 Å². The fraction of sp³-hybridized carbons (Fsp3) is 0.909. The fourth-order valence-corrected chi connectivity index (χ4v) is 2.64. The molecule has 2 fully saturated rings. The Morgan fingerprint density at radius 1 is 1.47 bits per heavy atom. The van der Waals surface area contributed by atoms with Crippen molar-refractivity contribution in [3.63, 3.8) is 0 Å². The lowest BCUT2D eigenvalue weighted by atomic mass is 9.95. The zero-order valence-electron chi connectivity index (χ0n) is 9.99. The number of fused-ring (bicyclic) bond motifs is 1. The van der Waals surface area contributed by atoms with E-state index >= 15 is 0 Å². The molecule has 2 heterocycles. The number of nitrogens with zero attached hydrogens (tertiary/aromatic N) is 2. The van der Waals surface area contributed by atoms with Crippen molar-refractivity contribution in [3.05, 3.63) is 0 Å². The van der Waals surface area contributed by atoms with Gasteiger partial charge in [-0.1, -0.05) is 0 Å². The van der Waals surface area contributed by atoms with E-state index in [1.54, 1.807) is 0 Å². The van der Waals surface area contributed by atoms with Gasteiger partial charge in [-0.3, -0.25) is 9.80 Å². The van der Waals surface area contributed by atoms with Crippen molar-refractivity contribution in [1.82, 2.24) is 9.80 Å². The quantitative estimate of drug-likeness (QED) is 0.657. The van der Waals surface area contributed by atoms with Crippen LogP contribution in [0, 0.1) is 0 Å². The molecule has 0 aromatic rings. The predicted molar refractivity (Wildman–Crippen MR) is 57.8 cm³/mol. The highest BCUT2D eigenvalue weighted by Crippen LogP contribution is 2.30. The third-order valence-corrected chi connectivity index (χ3v) is 3.38. The van der Waals surface area contributed by atoms with Gasteiger partial charge in [-0.15, -0.1) is 0 Å². The molecule has 0 saturated carbocycles. The second-order valence-corrected chi connectivity index (χ2v) is 5.44. The lowest BCUT2D eigenvalue weighted by Crippen LogP contribution is -2.64. The van der Waals surface area contributed by atoms with Crippen molar-refractivity contribution in [2.75, 3.05) is 19.7 Å². The van der Waals surface area contributed by atoms with Gasteiger partial charge in [0.05, 0.1) is 11.6 Å². The van der Waals surface area contributed by atoms with Gasteiger partial charge >= 0.3 is 6.09 Å². The van der Waals surface area contributed by atoms with Crippen molar-refractivity contribution >= 4 is 6.09 Å². The number of carbonyl (C=O) groups excluding carboxylic acids is 1. The van der Waals surface area contributed by atoms with E-state index in [4.69, 9.17) is 4.74 Å². The van der Waals surface area contributed by atoms with Gasteiger partial charge in [-0.2, -0.15) is 0 Å². The molecule has 0 radical (unpaired) electrons. The summed E-state index contributed by atoms with van der Waals surface area (Å²) in [6.07, 6.45) is -0.145. The smallest absolute Gasteiger partial charge is 0.410 e. The monoisotopic (exact) mass is 212 g/mol. The topological polar surface area (TPSA) is 32.8 Å². The summed E-state index contributed by atoms with van der Waals surface area (Å²) in [6, 6.07) is 0.769. The van der Waals surface area contributed by atoms with Crippen molar-refractivity contribution in [1.29, 1.82) is 0 Å². The van der Waals surface area contributed by atoms with Crippen molar-refractivity contribution in [2.45, 2.75) is 45.3 Å². The average Bonchev–Trinajstić information content (AvgIpc) is 2.46. The molecule has 4 nitrogen and oxygen atoms in total. The first-order valence-corrected chi connectivity index (χ1v) is 5.62. The van der Waals surface area contributed by atoms with Crippen LogP contribution in [0.5, 0.6) is 0 Å². The summed E-state index contributed by atoms with van der Waals surface area (Å²) >= 11 is 0. The molecular formula is C11H20N2O2. The first-order valence-electron chi connectivity index (χ1n) is 5.62. The molecule has 2 aliphatic rings. The number of hydrogen-bond acceptors (Lipinski definition) is 3. The van der Waals surface area contributed by atoms with E-state index in [9.17, 15) is 4.79 Å². The summed E-state index contributed by atoms with van der Waals surface area (Å²) in [4.78, 5) is 15.9. The molecule has 86 valence electrons. The van der Waals surface area contributed by atoms with Gasteiger partial charge in [-0.25, -0.2) is 4.79 Å².